The molecule has 3 aromatic carbocycles. The molecule has 186 valence electrons. The van der Waals surface area contributed by atoms with E-state index in [0.717, 1.165) is 0 Å². The highest BCUT2D eigenvalue weighted by molar-refractivity contribution is 7.80. The predicted octanol–water partition coefficient (Wildman–Crippen LogP) is 3.30. The quantitative estimate of drug-likeness (QED) is 0.200. The molecular formula is C26H26N4O5S. The lowest BCUT2D eigenvalue weighted by Gasteiger charge is -2.12. The van der Waals surface area contributed by atoms with E-state index in [9.17, 15) is 14.4 Å². The van der Waals surface area contributed by atoms with E-state index in [4.69, 9.17) is 21.7 Å². The zero-order valence-corrected chi connectivity index (χ0v) is 20.4. The minimum absolute atomic E-state index is 0.0721. The molecule has 0 saturated carbocycles. The van der Waals surface area contributed by atoms with Gasteiger partial charge in [-0.25, -0.2) is 0 Å². The van der Waals surface area contributed by atoms with Gasteiger partial charge < -0.3 is 14.8 Å². The molecular weight excluding hydrogens is 480 g/mol. The minimum Gasteiger partial charge on any atom is -0.491 e. The maximum atomic E-state index is 12.4. The first-order valence-electron chi connectivity index (χ1n) is 11.1. The Morgan fingerprint density at radius 2 is 1.33 bits per heavy atom. The van der Waals surface area contributed by atoms with E-state index < -0.39 is 11.8 Å². The molecule has 3 rings (SSSR count). The number of hydrogen-bond donors (Lipinski definition) is 4. The van der Waals surface area contributed by atoms with E-state index in [0.29, 0.717) is 47.9 Å². The number of hydrogen-bond acceptors (Lipinski definition) is 6. The van der Waals surface area contributed by atoms with Crippen molar-refractivity contribution < 1.29 is 23.9 Å². The highest BCUT2D eigenvalue weighted by Gasteiger charge is 2.11. The molecule has 36 heavy (non-hydrogen) atoms. The third-order valence-electron chi connectivity index (χ3n) is 4.77. The van der Waals surface area contributed by atoms with E-state index in [-0.39, 0.29) is 11.0 Å². The second-order valence-corrected chi connectivity index (χ2v) is 7.74. The Labute approximate surface area is 214 Å². The molecule has 0 aromatic heterocycles. The van der Waals surface area contributed by atoms with Crippen LogP contribution in [-0.2, 0) is 4.74 Å². The van der Waals surface area contributed by atoms with Gasteiger partial charge in [-0.15, -0.1) is 0 Å². The third-order valence-corrected chi connectivity index (χ3v) is 4.98. The fourth-order valence-corrected chi connectivity index (χ4v) is 3.10. The van der Waals surface area contributed by atoms with Gasteiger partial charge in [-0.2, -0.15) is 0 Å². The van der Waals surface area contributed by atoms with Gasteiger partial charge >= 0.3 is 0 Å². The highest BCUT2D eigenvalue weighted by atomic mass is 32.1. The number of ether oxygens (including phenoxy) is 2. The van der Waals surface area contributed by atoms with Gasteiger partial charge in [0, 0.05) is 29.0 Å². The monoisotopic (exact) mass is 506 g/mol. The fourth-order valence-electron chi connectivity index (χ4n) is 2.96. The van der Waals surface area contributed by atoms with Crippen LogP contribution in [-0.4, -0.2) is 42.7 Å². The molecule has 0 aliphatic rings. The second kappa shape index (κ2) is 13.6. The van der Waals surface area contributed by atoms with E-state index in [1.807, 2.05) is 13.0 Å². The van der Waals surface area contributed by atoms with E-state index in [1.54, 1.807) is 72.8 Å². The summed E-state index contributed by atoms with van der Waals surface area (Å²) in [4.78, 5) is 37.0. The van der Waals surface area contributed by atoms with E-state index in [1.165, 1.54) is 0 Å². The molecule has 0 atom stereocenters. The van der Waals surface area contributed by atoms with E-state index >= 15 is 0 Å². The molecule has 10 heteroatoms. The lowest BCUT2D eigenvalue weighted by Crippen LogP contribution is -2.48. The molecule has 0 aliphatic heterocycles. The van der Waals surface area contributed by atoms with Crippen molar-refractivity contribution in [2.75, 3.05) is 25.1 Å². The van der Waals surface area contributed by atoms with Crippen molar-refractivity contribution in [3.63, 3.8) is 0 Å². The van der Waals surface area contributed by atoms with Crippen LogP contribution in [0.3, 0.4) is 0 Å². The molecule has 0 unspecified atom stereocenters. The maximum absolute atomic E-state index is 12.4. The summed E-state index contributed by atoms with van der Waals surface area (Å²) in [5.74, 6) is -0.550. The smallest absolute Gasteiger partial charge is 0.269 e. The molecule has 0 heterocycles. The summed E-state index contributed by atoms with van der Waals surface area (Å²) in [7, 11) is 0. The first-order chi connectivity index (χ1) is 17.5. The maximum Gasteiger partial charge on any atom is 0.269 e. The summed E-state index contributed by atoms with van der Waals surface area (Å²) in [5, 5.41) is 5.18. The van der Waals surface area contributed by atoms with Crippen LogP contribution in [0.1, 0.15) is 38.0 Å². The predicted molar refractivity (Wildman–Crippen MR) is 140 cm³/mol. The van der Waals surface area contributed by atoms with Crippen LogP contribution in [0.15, 0.2) is 78.9 Å². The summed E-state index contributed by atoms with van der Waals surface area (Å²) in [6.07, 6.45) is 0. The van der Waals surface area contributed by atoms with Crippen LogP contribution >= 0.6 is 12.2 Å². The normalized spacial score (nSPS) is 10.1. The number of carbonyl (C=O) groups is 3. The SMILES string of the molecule is CCOCCOc1ccc(C(=O)NC(=S)NNC(=O)c2ccc(NC(=O)c3ccccc3)cc2)cc1. The van der Waals surface area contributed by atoms with Crippen LogP contribution < -0.4 is 26.2 Å². The molecule has 0 fully saturated rings. The summed E-state index contributed by atoms with van der Waals surface area (Å²) < 4.78 is 10.7. The number of hydrazine groups is 1. The first-order valence-corrected chi connectivity index (χ1v) is 11.6. The van der Waals surface area contributed by atoms with Gasteiger partial charge in [0.15, 0.2) is 5.11 Å². The summed E-state index contributed by atoms with van der Waals surface area (Å²) in [6, 6.07) is 21.7. The van der Waals surface area contributed by atoms with Crippen LogP contribution in [0, 0.1) is 0 Å². The Hall–Kier alpha value is -4.28. The third kappa shape index (κ3) is 8.19. The largest absolute Gasteiger partial charge is 0.491 e. The Balaban J connectivity index is 1.42. The van der Waals surface area contributed by atoms with Crippen molar-refractivity contribution in [2.45, 2.75) is 6.92 Å². The van der Waals surface area contributed by atoms with Crippen LogP contribution in [0.25, 0.3) is 0 Å². The van der Waals surface area contributed by atoms with Crippen LogP contribution in [0.2, 0.25) is 0 Å². The van der Waals surface area contributed by atoms with Crippen LogP contribution in [0.4, 0.5) is 5.69 Å². The van der Waals surface area contributed by atoms with E-state index in [2.05, 4.69) is 21.5 Å². The average molecular weight is 507 g/mol. The van der Waals surface area contributed by atoms with Crippen molar-refractivity contribution in [1.82, 2.24) is 16.2 Å². The Morgan fingerprint density at radius 1 is 0.722 bits per heavy atom. The summed E-state index contributed by atoms with van der Waals surface area (Å²) in [5.41, 5.74) is 6.68. The Morgan fingerprint density at radius 3 is 2.00 bits per heavy atom. The zero-order chi connectivity index (χ0) is 25.8. The van der Waals surface area contributed by atoms with Gasteiger partial charge in [-0.3, -0.25) is 30.6 Å². The second-order valence-electron chi connectivity index (χ2n) is 7.33. The minimum atomic E-state index is -0.471. The van der Waals surface area contributed by atoms with Crippen molar-refractivity contribution in [3.05, 3.63) is 95.6 Å². The molecule has 0 radical (unpaired) electrons. The highest BCUT2D eigenvalue weighted by Crippen LogP contribution is 2.13. The number of thiocarbonyl (C=S) groups is 1. The van der Waals surface area contributed by atoms with Crippen molar-refractivity contribution in [1.29, 1.82) is 0 Å². The number of benzene rings is 3. The van der Waals surface area contributed by atoms with Crippen molar-refractivity contribution in [2.24, 2.45) is 0 Å². The molecule has 9 nitrogen and oxygen atoms in total. The van der Waals surface area contributed by atoms with Gasteiger partial charge in [0.1, 0.15) is 12.4 Å². The van der Waals surface area contributed by atoms with Crippen molar-refractivity contribution in [3.8, 4) is 5.75 Å². The first kappa shape index (κ1) is 26.3. The molecule has 0 spiro atoms. The van der Waals surface area contributed by atoms with Gasteiger partial charge in [-0.1, -0.05) is 18.2 Å². The molecule has 0 aliphatic carbocycles. The van der Waals surface area contributed by atoms with Gasteiger partial charge in [0.05, 0.1) is 6.61 Å². The van der Waals surface area contributed by atoms with Gasteiger partial charge in [-0.05, 0) is 79.8 Å². The Bertz CT molecular complexity index is 1190. The molecule has 4 N–H and O–H groups in total. The molecule has 0 bridgehead atoms. The molecule has 3 amide bonds. The van der Waals surface area contributed by atoms with Gasteiger partial charge in [0.25, 0.3) is 17.7 Å². The number of anilines is 1. The Kier molecular flexibility index (Phi) is 9.92. The molecule has 3 aromatic rings. The zero-order valence-electron chi connectivity index (χ0n) is 19.6. The van der Waals surface area contributed by atoms with Crippen LogP contribution in [0.5, 0.6) is 5.75 Å². The topological polar surface area (TPSA) is 118 Å². The summed E-state index contributed by atoms with van der Waals surface area (Å²) in [6.45, 7) is 3.43. The summed E-state index contributed by atoms with van der Waals surface area (Å²) >= 11 is 5.08. The number of carbonyl (C=O) groups excluding carboxylic acids is 3. The fraction of sp³-hybridized carbons (Fsp3) is 0.154. The van der Waals surface area contributed by atoms with Gasteiger partial charge in [0.2, 0.25) is 0 Å². The standard InChI is InChI=1S/C26H26N4O5S/c1-2-34-16-17-35-22-14-10-19(11-15-22)24(32)28-26(36)30-29-25(33)20-8-12-21(13-9-20)27-23(31)18-6-4-3-5-7-18/h3-15H,2,16-17H2,1H3,(H,27,31)(H,29,33)(H2,28,30,32,36). The van der Waals surface area contributed by atoms with Crippen molar-refractivity contribution >= 4 is 40.7 Å². The lowest BCUT2D eigenvalue weighted by atomic mass is 10.1. The number of amides is 3. The lowest BCUT2D eigenvalue weighted by molar-refractivity contribution is 0.0934. The molecule has 0 saturated heterocycles. The number of nitrogens with one attached hydrogen (secondary N) is 4. The number of rotatable bonds is 9. The average Bonchev–Trinajstić information content (AvgIpc) is 2.91.